The Labute approximate surface area is 166 Å². The lowest BCUT2D eigenvalue weighted by atomic mass is 10.1. The summed E-state index contributed by atoms with van der Waals surface area (Å²) in [5.41, 5.74) is 2.25. The van der Waals surface area contributed by atoms with Crippen molar-refractivity contribution in [1.29, 1.82) is 0 Å². The van der Waals surface area contributed by atoms with E-state index in [0.29, 0.717) is 25.9 Å². The van der Waals surface area contributed by atoms with Gasteiger partial charge < -0.3 is 19.9 Å². The molecule has 0 radical (unpaired) electrons. The van der Waals surface area contributed by atoms with E-state index in [1.165, 1.54) is 0 Å². The average Bonchev–Trinajstić information content (AvgIpc) is 2.77. The van der Waals surface area contributed by atoms with Gasteiger partial charge >= 0.3 is 0 Å². The summed E-state index contributed by atoms with van der Waals surface area (Å²) in [4.78, 5) is 28.4. The van der Waals surface area contributed by atoms with Crippen molar-refractivity contribution in [3.05, 3.63) is 60.2 Å². The molecule has 1 N–H and O–H groups in total. The Morgan fingerprint density at radius 3 is 2.29 bits per heavy atom. The highest BCUT2D eigenvalue weighted by atomic mass is 16.5. The number of nitrogens with zero attached hydrogens (tertiary/aromatic N) is 2. The van der Waals surface area contributed by atoms with E-state index in [9.17, 15) is 9.59 Å². The minimum atomic E-state index is -0.0888. The number of aryl methyl sites for hydroxylation is 1. The quantitative estimate of drug-likeness (QED) is 0.798. The first-order valence-electron chi connectivity index (χ1n) is 9.63. The Bertz CT molecular complexity index is 769. The highest BCUT2D eigenvalue weighted by Gasteiger charge is 2.21. The molecule has 6 heteroatoms. The maximum atomic E-state index is 12.4. The van der Waals surface area contributed by atoms with Gasteiger partial charge in [-0.1, -0.05) is 30.3 Å². The van der Waals surface area contributed by atoms with Crippen LogP contribution < -0.4 is 15.0 Å². The molecular formula is C22H27N3O3. The maximum Gasteiger partial charge on any atom is 0.242 e. The van der Waals surface area contributed by atoms with Crippen LogP contribution >= 0.6 is 0 Å². The van der Waals surface area contributed by atoms with Crippen LogP contribution in [-0.2, 0) is 16.0 Å². The van der Waals surface area contributed by atoms with Crippen molar-refractivity contribution < 1.29 is 14.3 Å². The summed E-state index contributed by atoms with van der Waals surface area (Å²) in [5, 5.41) is 2.75. The number of benzene rings is 2. The zero-order valence-corrected chi connectivity index (χ0v) is 16.3. The minimum absolute atomic E-state index is 0.0255. The van der Waals surface area contributed by atoms with Crippen molar-refractivity contribution >= 4 is 17.5 Å². The molecule has 1 aliphatic rings. The smallest absolute Gasteiger partial charge is 0.242 e. The van der Waals surface area contributed by atoms with Crippen LogP contribution in [0.15, 0.2) is 54.6 Å². The molecule has 1 fully saturated rings. The lowest BCUT2D eigenvalue weighted by Crippen LogP contribution is -2.51. The van der Waals surface area contributed by atoms with Crippen LogP contribution in [0.25, 0.3) is 0 Å². The number of nitrogens with one attached hydrogen (secondary N) is 1. The number of methoxy groups -OCH3 is 1. The van der Waals surface area contributed by atoms with Gasteiger partial charge in [0.05, 0.1) is 13.7 Å². The number of anilines is 1. The lowest BCUT2D eigenvalue weighted by molar-refractivity contribution is -0.133. The fourth-order valence-corrected chi connectivity index (χ4v) is 3.28. The molecule has 1 heterocycles. The highest BCUT2D eigenvalue weighted by molar-refractivity contribution is 5.85. The van der Waals surface area contributed by atoms with Crippen LogP contribution in [0.3, 0.4) is 0 Å². The molecule has 3 rings (SSSR count). The number of rotatable bonds is 7. The second kappa shape index (κ2) is 9.78. The third kappa shape index (κ3) is 5.49. The fraction of sp³-hybridized carbons (Fsp3) is 0.364. The molecule has 0 aliphatic carbocycles. The molecular weight excluding hydrogens is 354 g/mol. The van der Waals surface area contributed by atoms with Crippen LogP contribution in [0.5, 0.6) is 5.75 Å². The largest absolute Gasteiger partial charge is 0.497 e. The zero-order chi connectivity index (χ0) is 19.8. The molecule has 0 atom stereocenters. The van der Waals surface area contributed by atoms with E-state index < -0.39 is 0 Å². The van der Waals surface area contributed by atoms with E-state index in [1.807, 2.05) is 59.5 Å². The van der Waals surface area contributed by atoms with E-state index in [4.69, 9.17) is 4.74 Å². The Morgan fingerprint density at radius 1 is 0.964 bits per heavy atom. The van der Waals surface area contributed by atoms with Crippen LogP contribution in [0, 0.1) is 0 Å². The van der Waals surface area contributed by atoms with Crippen molar-refractivity contribution in [1.82, 2.24) is 10.2 Å². The molecule has 2 aromatic carbocycles. The van der Waals surface area contributed by atoms with Gasteiger partial charge in [0, 0.05) is 38.3 Å². The molecule has 1 saturated heterocycles. The Kier molecular flexibility index (Phi) is 6.89. The molecule has 0 saturated carbocycles. The summed E-state index contributed by atoms with van der Waals surface area (Å²) in [6, 6.07) is 17.8. The molecule has 0 aromatic heterocycles. The number of hydrogen-bond donors (Lipinski definition) is 1. The van der Waals surface area contributed by atoms with Crippen LogP contribution in [-0.4, -0.2) is 56.5 Å². The fourth-order valence-electron chi connectivity index (χ4n) is 3.28. The normalized spacial score (nSPS) is 13.9. The number of carbonyl (C=O) groups excluding carboxylic acids is 2. The first-order chi connectivity index (χ1) is 13.7. The molecule has 2 amide bonds. The topological polar surface area (TPSA) is 61.9 Å². The number of ether oxygens (including phenoxy) is 1. The van der Waals surface area contributed by atoms with Gasteiger partial charge in [0.1, 0.15) is 5.75 Å². The van der Waals surface area contributed by atoms with Crippen molar-refractivity contribution in [3.63, 3.8) is 0 Å². The summed E-state index contributed by atoms with van der Waals surface area (Å²) in [7, 11) is 1.65. The second-order valence-corrected chi connectivity index (χ2v) is 6.83. The first kappa shape index (κ1) is 19.7. The zero-order valence-electron chi connectivity index (χ0n) is 16.3. The number of piperazine rings is 1. The number of hydrogen-bond acceptors (Lipinski definition) is 4. The van der Waals surface area contributed by atoms with Gasteiger partial charge in [-0.05, 0) is 36.2 Å². The highest BCUT2D eigenvalue weighted by Crippen LogP contribution is 2.20. The van der Waals surface area contributed by atoms with Crippen molar-refractivity contribution in [2.45, 2.75) is 12.8 Å². The Hall–Kier alpha value is -3.02. The van der Waals surface area contributed by atoms with Gasteiger partial charge in [-0.2, -0.15) is 0 Å². The summed E-state index contributed by atoms with van der Waals surface area (Å²) in [6.45, 7) is 2.94. The van der Waals surface area contributed by atoms with Gasteiger partial charge in [-0.25, -0.2) is 0 Å². The summed E-state index contributed by atoms with van der Waals surface area (Å²) in [6.07, 6.45) is 1.07. The van der Waals surface area contributed by atoms with Crippen molar-refractivity contribution in [2.24, 2.45) is 0 Å². The maximum absolute atomic E-state index is 12.4. The van der Waals surface area contributed by atoms with Crippen LogP contribution in [0.1, 0.15) is 12.0 Å². The SMILES string of the molecule is COc1ccc(N2CCN(C(=O)CNC(=O)CCc3ccccc3)CC2)cc1. The van der Waals surface area contributed by atoms with Gasteiger partial charge in [0.2, 0.25) is 11.8 Å². The molecule has 0 bridgehead atoms. The van der Waals surface area contributed by atoms with Gasteiger partial charge in [-0.15, -0.1) is 0 Å². The molecule has 6 nitrogen and oxygen atoms in total. The molecule has 148 valence electrons. The summed E-state index contributed by atoms with van der Waals surface area (Å²) >= 11 is 0. The third-order valence-electron chi connectivity index (χ3n) is 4.99. The van der Waals surface area contributed by atoms with E-state index in [0.717, 1.165) is 30.1 Å². The number of amides is 2. The van der Waals surface area contributed by atoms with E-state index in [-0.39, 0.29) is 18.4 Å². The Balaban J connectivity index is 1.38. The number of carbonyl (C=O) groups is 2. The Morgan fingerprint density at radius 2 is 1.64 bits per heavy atom. The monoisotopic (exact) mass is 381 g/mol. The van der Waals surface area contributed by atoms with Crippen molar-refractivity contribution in [2.75, 3.05) is 44.7 Å². The van der Waals surface area contributed by atoms with Crippen LogP contribution in [0.4, 0.5) is 5.69 Å². The summed E-state index contributed by atoms with van der Waals surface area (Å²) in [5.74, 6) is 0.720. The lowest BCUT2D eigenvalue weighted by Gasteiger charge is -2.36. The van der Waals surface area contributed by atoms with E-state index in [2.05, 4.69) is 10.2 Å². The molecule has 2 aromatic rings. The standard InChI is InChI=1S/C22H27N3O3/c1-28-20-10-8-19(9-11-20)24-13-15-25(16-14-24)22(27)17-23-21(26)12-7-18-5-3-2-4-6-18/h2-6,8-11H,7,12-17H2,1H3,(H,23,26). The first-order valence-corrected chi connectivity index (χ1v) is 9.63. The van der Waals surface area contributed by atoms with E-state index in [1.54, 1.807) is 7.11 Å². The average molecular weight is 381 g/mol. The van der Waals surface area contributed by atoms with Gasteiger partial charge in [0.25, 0.3) is 0 Å². The van der Waals surface area contributed by atoms with Crippen molar-refractivity contribution in [3.8, 4) is 5.75 Å². The summed E-state index contributed by atoms with van der Waals surface area (Å²) < 4.78 is 5.19. The predicted octanol–water partition coefficient (Wildman–Crippen LogP) is 2.09. The predicted molar refractivity (Wildman–Crippen MR) is 110 cm³/mol. The molecule has 1 aliphatic heterocycles. The molecule has 0 spiro atoms. The molecule has 0 unspecified atom stereocenters. The minimum Gasteiger partial charge on any atom is -0.497 e. The molecule has 28 heavy (non-hydrogen) atoms. The van der Waals surface area contributed by atoms with Gasteiger partial charge in [0.15, 0.2) is 0 Å². The third-order valence-corrected chi connectivity index (χ3v) is 4.99. The van der Waals surface area contributed by atoms with Gasteiger partial charge in [-0.3, -0.25) is 9.59 Å². The van der Waals surface area contributed by atoms with E-state index >= 15 is 0 Å². The second-order valence-electron chi connectivity index (χ2n) is 6.83. The van der Waals surface area contributed by atoms with Crippen LogP contribution in [0.2, 0.25) is 0 Å².